The molecule has 236 valence electrons. The van der Waals surface area contributed by atoms with Gasteiger partial charge in [0.25, 0.3) is 5.91 Å². The van der Waals surface area contributed by atoms with Crippen LogP contribution < -0.4 is 5.73 Å². The number of fused-ring (bicyclic) bond motifs is 3. The summed E-state index contributed by atoms with van der Waals surface area (Å²) in [6.07, 6.45) is -5.47. The molecule has 43 heavy (non-hydrogen) atoms. The number of halogens is 3. The molecule has 0 radical (unpaired) electrons. The number of rotatable bonds is 6. The highest BCUT2D eigenvalue weighted by molar-refractivity contribution is 6.22. The second-order valence-electron chi connectivity index (χ2n) is 13.8. The van der Waals surface area contributed by atoms with Crippen LogP contribution in [0.25, 0.3) is 5.76 Å². The highest BCUT2D eigenvalue weighted by Crippen LogP contribution is 2.54. The molecule has 0 heterocycles. The maximum Gasteiger partial charge on any atom is 0.417 e. The Bertz CT molecular complexity index is 1470. The Hall–Kier alpha value is -3.38. The van der Waals surface area contributed by atoms with Gasteiger partial charge >= 0.3 is 6.18 Å². The zero-order valence-electron chi connectivity index (χ0n) is 25.1. The van der Waals surface area contributed by atoms with E-state index in [-0.39, 0.29) is 23.9 Å². The maximum atomic E-state index is 14.8. The molecule has 3 atom stereocenters. The summed E-state index contributed by atoms with van der Waals surface area (Å²) < 4.78 is 44.5. The molecule has 6 N–H and O–H groups in total. The van der Waals surface area contributed by atoms with Crippen molar-refractivity contribution in [2.45, 2.75) is 91.1 Å². The van der Waals surface area contributed by atoms with E-state index in [1.807, 2.05) is 46.4 Å². The fraction of sp³-hybridized carbons (Fsp3) is 0.581. The van der Waals surface area contributed by atoms with Crippen LogP contribution in [-0.2, 0) is 33.5 Å². The third-order valence-electron chi connectivity index (χ3n) is 8.99. The van der Waals surface area contributed by atoms with E-state index in [1.165, 1.54) is 0 Å². The van der Waals surface area contributed by atoms with E-state index in [0.29, 0.717) is 13.0 Å². The molecule has 3 aliphatic carbocycles. The molecule has 4 rings (SSSR count). The van der Waals surface area contributed by atoms with Crippen LogP contribution in [0.3, 0.4) is 0 Å². The summed E-state index contributed by atoms with van der Waals surface area (Å²) in [5.41, 5.74) is -1.86. The third kappa shape index (κ3) is 5.32. The monoisotopic (exact) mass is 608 g/mol. The Balaban J connectivity index is 1.90. The predicted octanol–water partition coefficient (Wildman–Crippen LogP) is 4.48. The molecule has 1 aromatic rings. The van der Waals surface area contributed by atoms with Gasteiger partial charge in [-0.2, -0.15) is 13.2 Å². The number of aliphatic hydroxyl groups is 3. The van der Waals surface area contributed by atoms with E-state index in [9.17, 15) is 48.0 Å². The second-order valence-corrected chi connectivity index (χ2v) is 13.8. The number of benzene rings is 1. The van der Waals surface area contributed by atoms with E-state index >= 15 is 0 Å². The highest BCUT2D eigenvalue weighted by Gasteiger charge is 2.60. The molecule has 0 bridgehead atoms. The van der Waals surface area contributed by atoms with Crippen molar-refractivity contribution < 1.29 is 48.0 Å². The van der Waals surface area contributed by atoms with Crippen molar-refractivity contribution in [2.75, 3.05) is 6.54 Å². The lowest BCUT2D eigenvalue weighted by molar-refractivity contribution is -0.147. The van der Waals surface area contributed by atoms with E-state index in [0.717, 1.165) is 6.07 Å². The molecule has 1 saturated carbocycles. The number of nitrogens with two attached hydrogens (primary N) is 1. The number of ketones is 2. The number of aliphatic hydroxyl groups excluding tert-OH is 2. The van der Waals surface area contributed by atoms with Crippen molar-refractivity contribution in [3.8, 4) is 5.75 Å². The molecule has 1 amide bonds. The predicted molar refractivity (Wildman–Crippen MR) is 151 cm³/mol. The lowest BCUT2D eigenvalue weighted by Crippen LogP contribution is -2.58. The summed E-state index contributed by atoms with van der Waals surface area (Å²) in [4.78, 5) is 39.9. The molecule has 3 aliphatic rings. The van der Waals surface area contributed by atoms with Crippen LogP contribution in [0, 0.1) is 17.3 Å². The molecule has 1 unspecified atom stereocenters. The Labute approximate surface area is 247 Å². The molecule has 0 saturated heterocycles. The van der Waals surface area contributed by atoms with Crippen LogP contribution in [0.4, 0.5) is 13.2 Å². The number of nitrogens with zero attached hydrogens (tertiary/aromatic N) is 1. The van der Waals surface area contributed by atoms with Gasteiger partial charge in [0.05, 0.1) is 11.1 Å². The Morgan fingerprint density at radius 3 is 2.21 bits per heavy atom. The number of alkyl halides is 3. The minimum Gasteiger partial charge on any atom is -0.508 e. The van der Waals surface area contributed by atoms with Crippen LogP contribution in [-0.4, -0.2) is 60.5 Å². The van der Waals surface area contributed by atoms with Gasteiger partial charge in [0.1, 0.15) is 22.8 Å². The molecule has 1 aromatic carbocycles. The summed E-state index contributed by atoms with van der Waals surface area (Å²) in [7, 11) is 0. The second kappa shape index (κ2) is 10.4. The Morgan fingerprint density at radius 2 is 1.70 bits per heavy atom. The van der Waals surface area contributed by atoms with Crippen LogP contribution in [0.15, 0.2) is 23.0 Å². The summed E-state index contributed by atoms with van der Waals surface area (Å²) >= 11 is 0. The SMILES string of the molecule is CCN(Cc1cc(O)c2c(c1C(F)(F)F)CC1C[C@H]3CC(=O)C(C(N)=O)=C(O)[C@@]3(O)C(=O)C1=C2O)C(C)(C)CC(C)(C)C. The maximum absolute atomic E-state index is 14.8. The number of Topliss-reactive ketones (excluding diaryl/α,β-unsaturated/α-hetero) is 2. The lowest BCUT2D eigenvalue weighted by atomic mass is 9.59. The fourth-order valence-corrected chi connectivity index (χ4v) is 7.61. The largest absolute Gasteiger partial charge is 0.508 e. The quantitative estimate of drug-likeness (QED) is 0.296. The first-order chi connectivity index (χ1) is 19.6. The van der Waals surface area contributed by atoms with E-state index in [2.05, 4.69) is 0 Å². The number of amides is 1. The summed E-state index contributed by atoms with van der Waals surface area (Å²) in [6, 6.07) is 0.946. The first-order valence-electron chi connectivity index (χ1n) is 14.2. The number of primary amides is 1. The zero-order chi connectivity index (χ0) is 32.6. The number of aromatic hydroxyl groups is 1. The Morgan fingerprint density at radius 1 is 1.09 bits per heavy atom. The summed E-state index contributed by atoms with van der Waals surface area (Å²) in [5.74, 6) is -8.76. The van der Waals surface area contributed by atoms with E-state index in [1.54, 1.807) is 0 Å². The number of carbonyl (C=O) groups excluding carboxylic acids is 3. The number of hydrogen-bond acceptors (Lipinski definition) is 8. The first kappa shape index (κ1) is 32.5. The van der Waals surface area contributed by atoms with Crippen LogP contribution in [0.1, 0.15) is 83.1 Å². The van der Waals surface area contributed by atoms with Gasteiger partial charge in [0.2, 0.25) is 5.78 Å². The van der Waals surface area contributed by atoms with Crippen molar-refractivity contribution in [3.63, 3.8) is 0 Å². The highest BCUT2D eigenvalue weighted by atomic mass is 19.4. The molecule has 0 spiro atoms. The van der Waals surface area contributed by atoms with Crippen molar-refractivity contribution in [1.82, 2.24) is 4.90 Å². The van der Waals surface area contributed by atoms with Gasteiger partial charge in [0, 0.05) is 30.0 Å². The molecule has 12 heteroatoms. The summed E-state index contributed by atoms with van der Waals surface area (Å²) in [5, 5.41) is 44.3. The third-order valence-corrected chi connectivity index (χ3v) is 8.99. The number of phenolic OH excluding ortho intramolecular Hbond substituents is 1. The van der Waals surface area contributed by atoms with Gasteiger partial charge in [-0.25, -0.2) is 0 Å². The van der Waals surface area contributed by atoms with Crippen molar-refractivity contribution in [2.24, 2.45) is 23.0 Å². The van der Waals surface area contributed by atoms with Gasteiger partial charge in [-0.3, -0.25) is 19.3 Å². The van der Waals surface area contributed by atoms with Crippen LogP contribution >= 0.6 is 0 Å². The molecular weight excluding hydrogens is 569 g/mol. The number of phenols is 1. The summed E-state index contributed by atoms with van der Waals surface area (Å²) in [6.45, 7) is 12.1. The van der Waals surface area contributed by atoms with Gasteiger partial charge < -0.3 is 26.2 Å². The number of carbonyl (C=O) groups is 3. The zero-order valence-corrected chi connectivity index (χ0v) is 25.1. The Kier molecular flexibility index (Phi) is 7.84. The fourth-order valence-electron chi connectivity index (χ4n) is 7.61. The molecule has 0 aromatic heterocycles. The smallest absolute Gasteiger partial charge is 0.417 e. The average Bonchev–Trinajstić information content (AvgIpc) is 2.81. The molecule has 9 nitrogen and oxygen atoms in total. The van der Waals surface area contributed by atoms with Crippen LogP contribution in [0.2, 0.25) is 0 Å². The van der Waals surface area contributed by atoms with Crippen molar-refractivity contribution >= 4 is 23.2 Å². The number of hydrogen-bond donors (Lipinski definition) is 5. The topological polar surface area (TPSA) is 161 Å². The van der Waals surface area contributed by atoms with Gasteiger partial charge in [0.15, 0.2) is 11.4 Å². The standard InChI is InChI=1S/C31H39F3N2O7/c1-7-36(29(5,6)13-28(2,3)4)12-15-10-18(37)21-17(23(15)31(32,33)34)9-14-8-16-11-19(38)22(27(35)42)26(41)30(16,43)25(40)20(14)24(21)39/h10,14,16,37,39,41,43H,7-9,11-13H2,1-6H3,(H2,35,42)/t14?,16-,30-/m0/s1. The average molecular weight is 609 g/mol. The van der Waals surface area contributed by atoms with Gasteiger partial charge in [-0.15, -0.1) is 0 Å². The van der Waals surface area contributed by atoms with Crippen LogP contribution in [0.5, 0.6) is 5.75 Å². The van der Waals surface area contributed by atoms with Gasteiger partial charge in [-0.05, 0) is 68.2 Å². The minimum absolute atomic E-state index is 0.119. The lowest BCUT2D eigenvalue weighted by Gasteiger charge is -2.46. The molecule has 0 aliphatic heterocycles. The first-order valence-corrected chi connectivity index (χ1v) is 14.2. The van der Waals surface area contributed by atoms with E-state index in [4.69, 9.17) is 5.73 Å². The normalized spacial score (nSPS) is 24.7. The van der Waals surface area contributed by atoms with Gasteiger partial charge in [-0.1, -0.05) is 27.7 Å². The van der Waals surface area contributed by atoms with Crippen molar-refractivity contribution in [3.05, 3.63) is 45.2 Å². The minimum atomic E-state index is -4.89. The molecule has 1 fully saturated rings. The van der Waals surface area contributed by atoms with Crippen molar-refractivity contribution in [1.29, 1.82) is 0 Å². The van der Waals surface area contributed by atoms with E-state index < -0.39 is 105 Å². The molecular formula is C31H39F3N2O7.